The fourth-order valence-corrected chi connectivity index (χ4v) is 2.71. The summed E-state index contributed by atoms with van der Waals surface area (Å²) < 4.78 is 11.1. The van der Waals surface area contributed by atoms with Crippen molar-refractivity contribution in [2.75, 3.05) is 13.2 Å². The SMILES string of the molecule is CCc1ccc2ccc(/C=C/C3(C(=O)O)COC(C)(C)OC3)cc2n1. The Balaban J connectivity index is 1.88. The van der Waals surface area contributed by atoms with Gasteiger partial charge in [-0.1, -0.05) is 37.3 Å². The second kappa shape index (κ2) is 6.58. The fourth-order valence-electron chi connectivity index (χ4n) is 2.71. The third-order valence-corrected chi connectivity index (χ3v) is 4.51. The minimum Gasteiger partial charge on any atom is -0.480 e. The Bertz CT molecular complexity index is 816. The molecule has 2 heterocycles. The molecular formula is C20H23NO4. The quantitative estimate of drug-likeness (QED) is 0.919. The molecule has 0 bridgehead atoms. The largest absolute Gasteiger partial charge is 0.480 e. The van der Waals surface area contributed by atoms with Gasteiger partial charge in [-0.15, -0.1) is 0 Å². The smallest absolute Gasteiger partial charge is 0.318 e. The molecule has 2 aromatic rings. The van der Waals surface area contributed by atoms with E-state index in [1.807, 2.05) is 24.3 Å². The predicted molar refractivity (Wildman–Crippen MR) is 96.2 cm³/mol. The number of nitrogens with zero attached hydrogens (tertiary/aromatic N) is 1. The van der Waals surface area contributed by atoms with Gasteiger partial charge in [0.2, 0.25) is 0 Å². The van der Waals surface area contributed by atoms with Crippen LogP contribution in [0.3, 0.4) is 0 Å². The van der Waals surface area contributed by atoms with Crippen molar-refractivity contribution in [3.8, 4) is 0 Å². The number of aryl methyl sites for hydroxylation is 1. The first-order chi connectivity index (χ1) is 11.8. The predicted octanol–water partition coefficient (Wildman–Crippen LogP) is 3.66. The monoisotopic (exact) mass is 341 g/mol. The molecule has 1 aliphatic rings. The molecule has 1 aliphatic heterocycles. The summed E-state index contributed by atoms with van der Waals surface area (Å²) in [6, 6.07) is 9.99. The van der Waals surface area contributed by atoms with Crippen LogP contribution in [-0.2, 0) is 20.7 Å². The Morgan fingerprint density at radius 3 is 2.56 bits per heavy atom. The second-order valence-electron chi connectivity index (χ2n) is 6.88. The lowest BCUT2D eigenvalue weighted by Gasteiger charge is -2.39. The lowest BCUT2D eigenvalue weighted by atomic mass is 9.87. The fraction of sp³-hybridized carbons (Fsp3) is 0.400. The number of carbonyl (C=O) groups is 1. The van der Waals surface area contributed by atoms with Crippen LogP contribution in [0.2, 0.25) is 0 Å². The van der Waals surface area contributed by atoms with Crippen LogP contribution in [0.1, 0.15) is 32.0 Å². The molecule has 0 saturated carbocycles. The summed E-state index contributed by atoms with van der Waals surface area (Å²) in [5.74, 6) is -1.71. The molecule has 0 radical (unpaired) electrons. The molecule has 0 atom stereocenters. The average molecular weight is 341 g/mol. The van der Waals surface area contributed by atoms with E-state index in [9.17, 15) is 9.90 Å². The van der Waals surface area contributed by atoms with Gasteiger partial charge in [0.15, 0.2) is 5.79 Å². The highest BCUT2D eigenvalue weighted by Crippen LogP contribution is 2.32. The molecule has 5 heteroatoms. The summed E-state index contributed by atoms with van der Waals surface area (Å²) in [4.78, 5) is 16.4. The number of hydrogen-bond donors (Lipinski definition) is 1. The molecular weight excluding hydrogens is 318 g/mol. The van der Waals surface area contributed by atoms with Gasteiger partial charge in [-0.25, -0.2) is 0 Å². The average Bonchev–Trinajstić information content (AvgIpc) is 2.60. The van der Waals surface area contributed by atoms with E-state index in [4.69, 9.17) is 9.47 Å². The highest BCUT2D eigenvalue weighted by atomic mass is 16.7. The van der Waals surface area contributed by atoms with Crippen molar-refractivity contribution in [2.24, 2.45) is 5.41 Å². The van der Waals surface area contributed by atoms with Crippen LogP contribution in [0.15, 0.2) is 36.4 Å². The number of rotatable bonds is 4. The van der Waals surface area contributed by atoms with Crippen LogP contribution >= 0.6 is 0 Å². The topological polar surface area (TPSA) is 68.7 Å². The standard InChI is InChI=1S/C20H23NO4/c1-4-16-8-7-15-6-5-14(11-17(15)21-16)9-10-20(18(22)23)12-24-19(2,3)25-13-20/h5-11H,4,12-13H2,1-3H3,(H,22,23)/b10-9+. The summed E-state index contributed by atoms with van der Waals surface area (Å²) in [6.07, 6.45) is 4.34. The van der Waals surface area contributed by atoms with Gasteiger partial charge in [0.25, 0.3) is 0 Å². The van der Waals surface area contributed by atoms with E-state index in [1.54, 1.807) is 26.0 Å². The number of aromatic nitrogens is 1. The molecule has 1 aromatic carbocycles. The van der Waals surface area contributed by atoms with Crippen LogP contribution in [0, 0.1) is 5.41 Å². The van der Waals surface area contributed by atoms with Gasteiger partial charge >= 0.3 is 5.97 Å². The zero-order chi connectivity index (χ0) is 18.1. The lowest BCUT2D eigenvalue weighted by Crippen LogP contribution is -2.49. The zero-order valence-electron chi connectivity index (χ0n) is 14.8. The van der Waals surface area contributed by atoms with Crippen LogP contribution < -0.4 is 0 Å². The van der Waals surface area contributed by atoms with Gasteiger partial charge in [-0.05, 0) is 38.0 Å². The number of carboxylic acid groups (broad SMARTS) is 1. The van der Waals surface area contributed by atoms with Crippen LogP contribution in [0.5, 0.6) is 0 Å². The number of hydrogen-bond acceptors (Lipinski definition) is 4. The molecule has 3 rings (SSSR count). The summed E-state index contributed by atoms with van der Waals surface area (Å²) in [7, 11) is 0. The highest BCUT2D eigenvalue weighted by Gasteiger charge is 2.44. The number of ether oxygens (including phenoxy) is 2. The van der Waals surface area contributed by atoms with Crippen molar-refractivity contribution in [3.63, 3.8) is 0 Å². The molecule has 0 aliphatic carbocycles. The Morgan fingerprint density at radius 2 is 1.92 bits per heavy atom. The molecule has 132 valence electrons. The first kappa shape index (κ1) is 17.6. The minimum atomic E-state index is -1.18. The highest BCUT2D eigenvalue weighted by molar-refractivity contribution is 5.83. The number of carboxylic acids is 1. The van der Waals surface area contributed by atoms with E-state index in [2.05, 4.69) is 18.0 Å². The molecule has 0 amide bonds. The molecule has 1 N–H and O–H groups in total. The van der Waals surface area contributed by atoms with E-state index in [0.29, 0.717) is 0 Å². The Kier molecular flexibility index (Phi) is 4.62. The Labute approximate surface area is 147 Å². The van der Waals surface area contributed by atoms with Gasteiger partial charge in [-0.2, -0.15) is 0 Å². The number of benzene rings is 1. The van der Waals surface area contributed by atoms with Crippen molar-refractivity contribution < 1.29 is 19.4 Å². The van der Waals surface area contributed by atoms with Gasteiger partial charge in [0, 0.05) is 11.1 Å². The van der Waals surface area contributed by atoms with E-state index in [0.717, 1.165) is 28.6 Å². The Morgan fingerprint density at radius 1 is 1.24 bits per heavy atom. The van der Waals surface area contributed by atoms with Crippen molar-refractivity contribution in [1.82, 2.24) is 4.98 Å². The second-order valence-corrected chi connectivity index (χ2v) is 6.88. The number of pyridine rings is 1. The number of aliphatic carboxylic acids is 1. The summed E-state index contributed by atoms with van der Waals surface area (Å²) in [5.41, 5.74) is 1.66. The lowest BCUT2D eigenvalue weighted by molar-refractivity contribution is -0.275. The summed E-state index contributed by atoms with van der Waals surface area (Å²) >= 11 is 0. The van der Waals surface area contributed by atoms with Gasteiger partial charge < -0.3 is 14.6 Å². The van der Waals surface area contributed by atoms with Crippen LogP contribution in [0.4, 0.5) is 0 Å². The number of fused-ring (bicyclic) bond motifs is 1. The van der Waals surface area contributed by atoms with Crippen LogP contribution in [-0.4, -0.2) is 35.1 Å². The summed E-state index contributed by atoms with van der Waals surface area (Å²) in [5, 5.41) is 10.7. The third kappa shape index (κ3) is 3.72. The van der Waals surface area contributed by atoms with E-state index < -0.39 is 17.2 Å². The molecule has 5 nitrogen and oxygen atoms in total. The molecule has 1 fully saturated rings. The molecule has 1 saturated heterocycles. The minimum absolute atomic E-state index is 0.0810. The van der Waals surface area contributed by atoms with E-state index in [1.165, 1.54) is 0 Å². The van der Waals surface area contributed by atoms with Crippen molar-refractivity contribution in [2.45, 2.75) is 33.0 Å². The third-order valence-electron chi connectivity index (χ3n) is 4.51. The van der Waals surface area contributed by atoms with Gasteiger partial charge in [-0.3, -0.25) is 9.78 Å². The van der Waals surface area contributed by atoms with Gasteiger partial charge in [0.1, 0.15) is 5.41 Å². The molecule has 0 spiro atoms. The molecule has 0 unspecified atom stereocenters. The summed E-state index contributed by atoms with van der Waals surface area (Å²) in [6.45, 7) is 5.79. The molecule has 25 heavy (non-hydrogen) atoms. The zero-order valence-corrected chi connectivity index (χ0v) is 14.8. The van der Waals surface area contributed by atoms with E-state index >= 15 is 0 Å². The first-order valence-electron chi connectivity index (χ1n) is 8.44. The van der Waals surface area contributed by atoms with Crippen molar-refractivity contribution in [1.29, 1.82) is 0 Å². The Hall–Kier alpha value is -2.24. The first-order valence-corrected chi connectivity index (χ1v) is 8.44. The van der Waals surface area contributed by atoms with Gasteiger partial charge in [0.05, 0.1) is 18.7 Å². The van der Waals surface area contributed by atoms with E-state index in [-0.39, 0.29) is 13.2 Å². The normalized spacial score (nSPS) is 19.3. The maximum atomic E-state index is 11.8. The van der Waals surface area contributed by atoms with Crippen LogP contribution in [0.25, 0.3) is 17.0 Å². The maximum Gasteiger partial charge on any atom is 0.318 e. The van der Waals surface area contributed by atoms with Crippen molar-refractivity contribution in [3.05, 3.63) is 47.7 Å². The van der Waals surface area contributed by atoms with Crippen molar-refractivity contribution >= 4 is 22.9 Å². The molecule has 1 aromatic heterocycles. The maximum absolute atomic E-state index is 11.8.